The molecule has 0 unspecified atom stereocenters. The molecule has 0 aliphatic carbocycles. The van der Waals surface area contributed by atoms with Crippen LogP contribution in [0.1, 0.15) is 5.56 Å². The van der Waals surface area contributed by atoms with E-state index < -0.39 is 0 Å². The van der Waals surface area contributed by atoms with E-state index in [-0.39, 0.29) is 16.5 Å². The zero-order valence-corrected chi connectivity index (χ0v) is 16.5. The molecule has 1 aliphatic rings. The molecular weight excluding hydrogens is 382 g/mol. The van der Waals surface area contributed by atoms with Crippen LogP contribution in [0.2, 0.25) is 0 Å². The van der Waals surface area contributed by atoms with Crippen molar-refractivity contribution in [1.82, 2.24) is 15.2 Å². The van der Waals surface area contributed by atoms with Crippen molar-refractivity contribution in [3.05, 3.63) is 76.6 Å². The predicted molar refractivity (Wildman–Crippen MR) is 115 cm³/mol. The fourth-order valence-corrected chi connectivity index (χ4v) is 3.80. The van der Waals surface area contributed by atoms with Gasteiger partial charge >= 0.3 is 0 Å². The molecule has 1 aromatic heterocycles. The molecule has 1 saturated heterocycles. The van der Waals surface area contributed by atoms with Gasteiger partial charge in [0.15, 0.2) is 0 Å². The molecule has 1 amide bonds. The molecule has 1 fully saturated rings. The molecule has 0 atom stereocenters. The Morgan fingerprint density at radius 2 is 1.80 bits per heavy atom. The van der Waals surface area contributed by atoms with Gasteiger partial charge in [-0.1, -0.05) is 30.3 Å². The number of nitrogens with zero attached hydrogens (tertiary/aromatic N) is 4. The van der Waals surface area contributed by atoms with E-state index in [0.29, 0.717) is 18.5 Å². The van der Waals surface area contributed by atoms with Crippen molar-refractivity contribution in [1.29, 1.82) is 0 Å². The number of benzene rings is 2. The van der Waals surface area contributed by atoms with Crippen LogP contribution in [0.3, 0.4) is 0 Å². The van der Waals surface area contributed by atoms with Crippen molar-refractivity contribution in [3.63, 3.8) is 0 Å². The van der Waals surface area contributed by atoms with Gasteiger partial charge in [0.05, 0.1) is 16.9 Å². The van der Waals surface area contributed by atoms with Crippen molar-refractivity contribution in [2.24, 2.45) is 0 Å². The molecule has 0 bridgehead atoms. The van der Waals surface area contributed by atoms with E-state index in [1.165, 1.54) is 0 Å². The van der Waals surface area contributed by atoms with Gasteiger partial charge in [0.1, 0.15) is 0 Å². The maximum atomic E-state index is 12.3. The first-order chi connectivity index (χ1) is 14.6. The second-order valence-corrected chi connectivity index (χ2v) is 7.31. The van der Waals surface area contributed by atoms with Crippen molar-refractivity contribution < 1.29 is 9.72 Å². The highest BCUT2D eigenvalue weighted by atomic mass is 16.6. The van der Waals surface area contributed by atoms with Crippen LogP contribution < -0.4 is 10.2 Å². The lowest BCUT2D eigenvalue weighted by atomic mass is 10.1. The summed E-state index contributed by atoms with van der Waals surface area (Å²) in [5.74, 6) is 0.0131. The maximum Gasteiger partial charge on any atom is 0.278 e. The number of nitrogens with one attached hydrogen (secondary N) is 1. The molecule has 1 N–H and O–H groups in total. The molecule has 8 heteroatoms. The second kappa shape index (κ2) is 8.87. The lowest BCUT2D eigenvalue weighted by Crippen LogP contribution is -2.49. The monoisotopic (exact) mass is 405 g/mol. The highest BCUT2D eigenvalue weighted by Gasteiger charge is 2.22. The number of fused-ring (bicyclic) bond motifs is 1. The van der Waals surface area contributed by atoms with Gasteiger partial charge < -0.3 is 10.2 Å². The number of piperazine rings is 1. The average molecular weight is 405 g/mol. The Hall–Kier alpha value is -3.52. The minimum Gasteiger partial charge on any atom is -0.368 e. The molecule has 1 aliphatic heterocycles. The largest absolute Gasteiger partial charge is 0.368 e. The van der Waals surface area contributed by atoms with Gasteiger partial charge in [-0.05, 0) is 17.7 Å². The van der Waals surface area contributed by atoms with Gasteiger partial charge in [-0.3, -0.25) is 24.8 Å². The fourth-order valence-electron chi connectivity index (χ4n) is 3.80. The third-order valence-electron chi connectivity index (χ3n) is 5.38. The summed E-state index contributed by atoms with van der Waals surface area (Å²) in [6.45, 7) is 3.90. The van der Waals surface area contributed by atoms with E-state index in [1.54, 1.807) is 18.5 Å². The van der Waals surface area contributed by atoms with Gasteiger partial charge in [0.25, 0.3) is 5.69 Å². The van der Waals surface area contributed by atoms with Crippen molar-refractivity contribution >= 4 is 28.1 Å². The number of hydrogen-bond donors (Lipinski definition) is 1. The van der Waals surface area contributed by atoms with E-state index in [2.05, 4.69) is 20.1 Å². The highest BCUT2D eigenvalue weighted by Crippen LogP contribution is 2.33. The fraction of sp³-hybridized carbons (Fsp3) is 0.273. The van der Waals surface area contributed by atoms with E-state index in [1.807, 2.05) is 42.5 Å². The van der Waals surface area contributed by atoms with E-state index in [0.717, 1.165) is 42.8 Å². The molecule has 4 rings (SSSR count). The SMILES string of the molecule is O=C(CN1CCN(c2ccc([N+](=O)[O-])c3cnccc23)CC1)NCc1ccccc1. The van der Waals surface area contributed by atoms with Gasteiger partial charge in [0.2, 0.25) is 5.91 Å². The minimum atomic E-state index is -0.375. The van der Waals surface area contributed by atoms with Crippen LogP contribution in [0.5, 0.6) is 0 Å². The second-order valence-electron chi connectivity index (χ2n) is 7.31. The quantitative estimate of drug-likeness (QED) is 0.501. The number of anilines is 1. The van der Waals surface area contributed by atoms with Gasteiger partial charge in [-0.15, -0.1) is 0 Å². The summed E-state index contributed by atoms with van der Waals surface area (Å²) in [5.41, 5.74) is 2.11. The van der Waals surface area contributed by atoms with Crippen LogP contribution in [0, 0.1) is 10.1 Å². The molecule has 3 aromatic rings. The number of amides is 1. The molecule has 2 heterocycles. The molecule has 30 heavy (non-hydrogen) atoms. The van der Waals surface area contributed by atoms with E-state index in [4.69, 9.17) is 0 Å². The molecular formula is C22H23N5O3. The van der Waals surface area contributed by atoms with Crippen LogP contribution >= 0.6 is 0 Å². The number of rotatable bonds is 6. The molecule has 0 radical (unpaired) electrons. The Balaban J connectivity index is 1.36. The number of carbonyl (C=O) groups is 1. The zero-order valence-electron chi connectivity index (χ0n) is 16.5. The molecule has 8 nitrogen and oxygen atoms in total. The third kappa shape index (κ3) is 4.38. The smallest absolute Gasteiger partial charge is 0.278 e. The Bertz CT molecular complexity index is 1050. The topological polar surface area (TPSA) is 91.6 Å². The highest BCUT2D eigenvalue weighted by molar-refractivity contribution is 5.99. The van der Waals surface area contributed by atoms with E-state index >= 15 is 0 Å². The predicted octanol–water partition coefficient (Wildman–Crippen LogP) is 2.58. The summed E-state index contributed by atoms with van der Waals surface area (Å²) in [4.78, 5) is 31.6. The van der Waals surface area contributed by atoms with Gasteiger partial charge in [0, 0.05) is 62.3 Å². The minimum absolute atomic E-state index is 0.0131. The number of carbonyl (C=O) groups excluding carboxylic acids is 1. The number of nitro benzene ring substituents is 1. The van der Waals surface area contributed by atoms with E-state index in [9.17, 15) is 14.9 Å². The van der Waals surface area contributed by atoms with Crippen molar-refractivity contribution in [2.45, 2.75) is 6.54 Å². The Morgan fingerprint density at radius 1 is 1.03 bits per heavy atom. The first-order valence-corrected chi connectivity index (χ1v) is 9.91. The average Bonchev–Trinajstić information content (AvgIpc) is 2.78. The summed E-state index contributed by atoms with van der Waals surface area (Å²) >= 11 is 0. The summed E-state index contributed by atoms with van der Waals surface area (Å²) in [5, 5.41) is 15.6. The van der Waals surface area contributed by atoms with Crippen LogP contribution in [-0.4, -0.2) is 53.4 Å². The van der Waals surface area contributed by atoms with Crippen molar-refractivity contribution in [2.75, 3.05) is 37.6 Å². The van der Waals surface area contributed by atoms with Crippen LogP contribution in [0.25, 0.3) is 10.8 Å². The Kier molecular flexibility index (Phi) is 5.85. The third-order valence-corrected chi connectivity index (χ3v) is 5.38. The zero-order chi connectivity index (χ0) is 20.9. The first-order valence-electron chi connectivity index (χ1n) is 9.91. The lowest BCUT2D eigenvalue weighted by molar-refractivity contribution is -0.383. The van der Waals surface area contributed by atoms with Crippen molar-refractivity contribution in [3.8, 4) is 0 Å². The molecule has 154 valence electrons. The summed E-state index contributed by atoms with van der Waals surface area (Å²) in [6, 6.07) is 15.0. The number of pyridine rings is 1. The number of nitro groups is 1. The van der Waals surface area contributed by atoms with Gasteiger partial charge in [-0.2, -0.15) is 0 Å². The Morgan fingerprint density at radius 3 is 2.53 bits per heavy atom. The first kappa shape index (κ1) is 19.8. The normalized spacial score (nSPS) is 14.6. The van der Waals surface area contributed by atoms with Crippen LogP contribution in [0.15, 0.2) is 60.9 Å². The lowest BCUT2D eigenvalue weighted by Gasteiger charge is -2.36. The van der Waals surface area contributed by atoms with Crippen LogP contribution in [0.4, 0.5) is 11.4 Å². The van der Waals surface area contributed by atoms with Crippen LogP contribution in [-0.2, 0) is 11.3 Å². The Labute approximate surface area is 174 Å². The molecule has 0 spiro atoms. The summed E-state index contributed by atoms with van der Waals surface area (Å²) in [6.07, 6.45) is 3.20. The maximum absolute atomic E-state index is 12.3. The number of non-ortho nitro benzene ring substituents is 1. The van der Waals surface area contributed by atoms with Gasteiger partial charge in [-0.25, -0.2) is 0 Å². The standard InChI is InChI=1S/C22H23N5O3/c28-22(24-14-17-4-2-1-3-5-17)16-25-10-12-26(13-11-25)20-6-7-21(27(29)30)19-15-23-9-8-18(19)20/h1-9,15H,10-14,16H2,(H,24,28). The summed E-state index contributed by atoms with van der Waals surface area (Å²) < 4.78 is 0. The summed E-state index contributed by atoms with van der Waals surface area (Å²) in [7, 11) is 0. The molecule has 2 aromatic carbocycles. The number of hydrogen-bond acceptors (Lipinski definition) is 6. The number of aromatic nitrogens is 1. The molecule has 0 saturated carbocycles.